The van der Waals surface area contributed by atoms with Crippen molar-refractivity contribution in [1.29, 1.82) is 0 Å². The zero-order valence-corrected chi connectivity index (χ0v) is 14.1. The molecule has 118 valence electrons. The van der Waals surface area contributed by atoms with Crippen LogP contribution in [0.5, 0.6) is 0 Å². The van der Waals surface area contributed by atoms with E-state index in [-0.39, 0.29) is 12.2 Å². The molecule has 0 amide bonds. The van der Waals surface area contributed by atoms with Crippen LogP contribution >= 0.6 is 22.7 Å². The number of hydrogen-bond donors (Lipinski definition) is 0. The lowest BCUT2D eigenvalue weighted by atomic mass is 10.2. The monoisotopic (exact) mass is 347 g/mol. The predicted molar refractivity (Wildman–Crippen MR) is 91.9 cm³/mol. The SMILES string of the molecule is CCOC(=O)c1sc2ncn(/N=C/c3cccs3)c(=O)c2c1C. The average Bonchev–Trinajstić information content (AvgIpc) is 3.15. The molecule has 0 aliphatic heterocycles. The first-order valence-electron chi connectivity index (χ1n) is 6.87. The van der Waals surface area contributed by atoms with Gasteiger partial charge < -0.3 is 4.74 Å². The van der Waals surface area contributed by atoms with Crippen LogP contribution in [0.2, 0.25) is 0 Å². The molecule has 0 unspecified atom stereocenters. The molecule has 0 spiro atoms. The molecule has 0 N–H and O–H groups in total. The van der Waals surface area contributed by atoms with E-state index in [1.165, 1.54) is 22.3 Å². The largest absolute Gasteiger partial charge is 0.462 e. The zero-order chi connectivity index (χ0) is 16.4. The van der Waals surface area contributed by atoms with Gasteiger partial charge in [-0.15, -0.1) is 22.7 Å². The van der Waals surface area contributed by atoms with E-state index in [9.17, 15) is 9.59 Å². The highest BCUT2D eigenvalue weighted by molar-refractivity contribution is 7.20. The number of rotatable bonds is 4. The van der Waals surface area contributed by atoms with Crippen LogP contribution < -0.4 is 5.56 Å². The minimum atomic E-state index is -0.430. The molecule has 6 nitrogen and oxygen atoms in total. The quantitative estimate of drug-likeness (QED) is 0.537. The molecule has 3 aromatic heterocycles. The molecule has 0 bridgehead atoms. The van der Waals surface area contributed by atoms with E-state index >= 15 is 0 Å². The average molecular weight is 347 g/mol. The van der Waals surface area contributed by atoms with E-state index in [2.05, 4.69) is 10.1 Å². The Morgan fingerprint density at radius 1 is 1.52 bits per heavy atom. The van der Waals surface area contributed by atoms with Crippen molar-refractivity contribution in [2.75, 3.05) is 6.61 Å². The Morgan fingerprint density at radius 2 is 2.35 bits per heavy atom. The molecule has 23 heavy (non-hydrogen) atoms. The van der Waals surface area contributed by atoms with Crippen LogP contribution in [0.15, 0.2) is 33.7 Å². The number of aromatic nitrogens is 2. The van der Waals surface area contributed by atoms with Gasteiger partial charge in [-0.1, -0.05) is 6.07 Å². The summed E-state index contributed by atoms with van der Waals surface area (Å²) >= 11 is 2.69. The van der Waals surface area contributed by atoms with Gasteiger partial charge in [0.2, 0.25) is 0 Å². The molecule has 0 saturated heterocycles. The second kappa shape index (κ2) is 6.43. The summed E-state index contributed by atoms with van der Waals surface area (Å²) in [6, 6.07) is 3.81. The Hall–Kier alpha value is -2.32. The number of fused-ring (bicyclic) bond motifs is 1. The summed E-state index contributed by atoms with van der Waals surface area (Å²) in [5.41, 5.74) is 0.286. The van der Waals surface area contributed by atoms with Crippen molar-refractivity contribution >= 4 is 45.1 Å². The normalized spacial score (nSPS) is 11.4. The number of ether oxygens (including phenoxy) is 1. The summed E-state index contributed by atoms with van der Waals surface area (Å²) in [5.74, 6) is -0.430. The van der Waals surface area contributed by atoms with E-state index < -0.39 is 5.97 Å². The number of hydrogen-bond acceptors (Lipinski definition) is 7. The number of esters is 1. The fourth-order valence-electron chi connectivity index (χ4n) is 2.07. The zero-order valence-electron chi connectivity index (χ0n) is 12.5. The Morgan fingerprint density at radius 3 is 3.04 bits per heavy atom. The molecule has 3 heterocycles. The summed E-state index contributed by atoms with van der Waals surface area (Å²) in [7, 11) is 0. The summed E-state index contributed by atoms with van der Waals surface area (Å²) in [6.45, 7) is 3.75. The van der Waals surface area contributed by atoms with Crippen LogP contribution in [0.1, 0.15) is 27.0 Å². The van der Waals surface area contributed by atoms with Crippen molar-refractivity contribution in [3.05, 3.63) is 49.5 Å². The van der Waals surface area contributed by atoms with E-state index in [1.54, 1.807) is 20.1 Å². The first-order valence-corrected chi connectivity index (χ1v) is 8.57. The van der Waals surface area contributed by atoms with Crippen LogP contribution in [0.3, 0.4) is 0 Å². The number of thiophene rings is 2. The predicted octanol–water partition coefficient (Wildman–Crippen LogP) is 2.89. The minimum Gasteiger partial charge on any atom is -0.462 e. The maximum atomic E-state index is 12.6. The topological polar surface area (TPSA) is 73.5 Å². The van der Waals surface area contributed by atoms with Gasteiger partial charge in [0.25, 0.3) is 5.56 Å². The Bertz CT molecular complexity index is 939. The van der Waals surface area contributed by atoms with Crippen LogP contribution in [0.4, 0.5) is 0 Å². The second-order valence-electron chi connectivity index (χ2n) is 4.61. The molecular formula is C15H13N3O3S2. The van der Waals surface area contributed by atoms with Crippen LogP contribution in [0, 0.1) is 6.92 Å². The maximum Gasteiger partial charge on any atom is 0.348 e. The highest BCUT2D eigenvalue weighted by Crippen LogP contribution is 2.27. The fourth-order valence-corrected chi connectivity index (χ4v) is 3.69. The first kappa shape index (κ1) is 15.6. The van der Waals surface area contributed by atoms with Crippen molar-refractivity contribution in [2.45, 2.75) is 13.8 Å². The molecule has 3 rings (SSSR count). The van der Waals surface area contributed by atoms with Gasteiger partial charge in [-0.2, -0.15) is 9.78 Å². The molecule has 0 saturated carbocycles. The van der Waals surface area contributed by atoms with Crippen LogP contribution in [-0.4, -0.2) is 28.5 Å². The summed E-state index contributed by atoms with van der Waals surface area (Å²) in [4.78, 5) is 30.6. The van der Waals surface area contributed by atoms with Crippen molar-refractivity contribution in [3.8, 4) is 0 Å². The van der Waals surface area contributed by atoms with E-state index in [4.69, 9.17) is 4.74 Å². The van der Waals surface area contributed by atoms with Gasteiger partial charge in [-0.3, -0.25) is 4.79 Å². The van der Waals surface area contributed by atoms with Crippen LogP contribution in [-0.2, 0) is 4.74 Å². The highest BCUT2D eigenvalue weighted by Gasteiger charge is 2.20. The molecule has 0 aliphatic carbocycles. The molecule has 0 atom stereocenters. The van der Waals surface area contributed by atoms with Gasteiger partial charge >= 0.3 is 5.97 Å². The lowest BCUT2D eigenvalue weighted by molar-refractivity contribution is 0.0531. The molecular weight excluding hydrogens is 334 g/mol. The molecule has 0 aliphatic rings. The molecule has 0 radical (unpaired) electrons. The van der Waals surface area contributed by atoms with Gasteiger partial charge in [-0.25, -0.2) is 9.78 Å². The first-order chi connectivity index (χ1) is 11.1. The van der Waals surface area contributed by atoms with Gasteiger partial charge in [0.15, 0.2) is 0 Å². The second-order valence-corrected chi connectivity index (χ2v) is 6.59. The third-order valence-corrected chi connectivity index (χ3v) is 5.13. The number of carbonyl (C=O) groups excluding carboxylic acids is 1. The number of nitrogens with zero attached hydrogens (tertiary/aromatic N) is 3. The Kier molecular flexibility index (Phi) is 4.35. The summed E-state index contributed by atoms with van der Waals surface area (Å²) in [6.07, 6.45) is 2.97. The molecule has 3 aromatic rings. The molecule has 8 heteroatoms. The lowest BCUT2D eigenvalue weighted by Gasteiger charge is -1.99. The number of carbonyl (C=O) groups is 1. The third kappa shape index (κ3) is 2.95. The molecule has 0 aromatic carbocycles. The van der Waals surface area contributed by atoms with Crippen molar-refractivity contribution in [1.82, 2.24) is 9.66 Å². The maximum absolute atomic E-state index is 12.6. The van der Waals surface area contributed by atoms with E-state index in [0.29, 0.717) is 20.7 Å². The third-order valence-electron chi connectivity index (χ3n) is 3.15. The van der Waals surface area contributed by atoms with Gasteiger partial charge in [0.05, 0.1) is 18.2 Å². The van der Waals surface area contributed by atoms with Gasteiger partial charge in [0, 0.05) is 4.88 Å². The number of aryl methyl sites for hydroxylation is 1. The molecule has 0 fully saturated rings. The van der Waals surface area contributed by atoms with E-state index in [0.717, 1.165) is 16.2 Å². The lowest BCUT2D eigenvalue weighted by Crippen LogP contribution is -2.17. The standard InChI is InChI=1S/C15H13N3O3S2/c1-3-21-15(20)12-9(2)11-13(23-12)16-8-18(14(11)19)17-7-10-5-4-6-22-10/h4-8H,3H2,1-2H3/b17-7+. The van der Waals surface area contributed by atoms with Crippen molar-refractivity contribution in [3.63, 3.8) is 0 Å². The van der Waals surface area contributed by atoms with E-state index in [1.807, 2.05) is 17.5 Å². The fraction of sp³-hybridized carbons (Fsp3) is 0.200. The summed E-state index contributed by atoms with van der Waals surface area (Å²) in [5, 5.41) is 6.48. The Balaban J connectivity index is 2.07. The van der Waals surface area contributed by atoms with Crippen molar-refractivity contribution in [2.24, 2.45) is 5.10 Å². The highest BCUT2D eigenvalue weighted by atomic mass is 32.1. The smallest absolute Gasteiger partial charge is 0.348 e. The summed E-state index contributed by atoms with van der Waals surface area (Å²) < 4.78 is 6.19. The van der Waals surface area contributed by atoms with Gasteiger partial charge in [0.1, 0.15) is 16.0 Å². The van der Waals surface area contributed by atoms with Crippen molar-refractivity contribution < 1.29 is 9.53 Å². The Labute approximate surface area is 139 Å². The minimum absolute atomic E-state index is 0.287. The van der Waals surface area contributed by atoms with Gasteiger partial charge in [-0.05, 0) is 30.9 Å². The van der Waals surface area contributed by atoms with Crippen LogP contribution in [0.25, 0.3) is 10.2 Å².